The highest BCUT2D eigenvalue weighted by atomic mass is 16.5. The Morgan fingerprint density at radius 3 is 2.65 bits per heavy atom. The summed E-state index contributed by atoms with van der Waals surface area (Å²) < 4.78 is 10.0. The SMILES string of the molecule is COCCNC(=O)CCNC(COC)C1CC1. The first kappa shape index (κ1) is 14.4. The van der Waals surface area contributed by atoms with Crippen LogP contribution in [0, 0.1) is 5.92 Å². The molecule has 1 saturated carbocycles. The standard InChI is InChI=1S/C12H24N2O3/c1-16-8-7-14-12(15)5-6-13-11(9-17-2)10-3-4-10/h10-11,13H,3-9H2,1-2H3,(H,14,15). The number of hydrogen-bond donors (Lipinski definition) is 2. The fraction of sp³-hybridized carbons (Fsp3) is 0.917. The van der Waals surface area contributed by atoms with Crippen LogP contribution in [0.1, 0.15) is 19.3 Å². The first-order valence-corrected chi connectivity index (χ1v) is 6.26. The molecule has 100 valence electrons. The highest BCUT2D eigenvalue weighted by molar-refractivity contribution is 5.76. The Morgan fingerprint density at radius 1 is 1.29 bits per heavy atom. The maximum atomic E-state index is 11.4. The summed E-state index contributed by atoms with van der Waals surface area (Å²) in [6.45, 7) is 2.59. The van der Waals surface area contributed by atoms with E-state index in [-0.39, 0.29) is 5.91 Å². The van der Waals surface area contributed by atoms with Crippen LogP contribution in [0.15, 0.2) is 0 Å². The minimum atomic E-state index is 0.0708. The van der Waals surface area contributed by atoms with Gasteiger partial charge in [-0.15, -0.1) is 0 Å². The van der Waals surface area contributed by atoms with Crippen molar-refractivity contribution in [2.24, 2.45) is 5.92 Å². The highest BCUT2D eigenvalue weighted by Crippen LogP contribution is 2.32. The lowest BCUT2D eigenvalue weighted by molar-refractivity contribution is -0.121. The number of carbonyl (C=O) groups is 1. The Balaban J connectivity index is 2.02. The fourth-order valence-corrected chi connectivity index (χ4v) is 1.79. The third-order valence-electron chi connectivity index (χ3n) is 2.92. The summed E-state index contributed by atoms with van der Waals surface area (Å²) in [5, 5.41) is 6.19. The summed E-state index contributed by atoms with van der Waals surface area (Å²) >= 11 is 0. The topological polar surface area (TPSA) is 59.6 Å². The lowest BCUT2D eigenvalue weighted by atomic mass is 10.2. The van der Waals surface area contributed by atoms with Crippen molar-refractivity contribution >= 4 is 5.91 Å². The molecule has 0 spiro atoms. The van der Waals surface area contributed by atoms with E-state index in [2.05, 4.69) is 10.6 Å². The molecule has 1 amide bonds. The average Bonchev–Trinajstić information content (AvgIpc) is 3.12. The van der Waals surface area contributed by atoms with E-state index in [0.717, 1.165) is 12.5 Å². The van der Waals surface area contributed by atoms with E-state index in [0.29, 0.717) is 32.2 Å². The highest BCUT2D eigenvalue weighted by Gasteiger charge is 2.30. The van der Waals surface area contributed by atoms with Gasteiger partial charge in [0.05, 0.1) is 13.2 Å². The minimum absolute atomic E-state index is 0.0708. The fourth-order valence-electron chi connectivity index (χ4n) is 1.79. The second kappa shape index (κ2) is 8.44. The van der Waals surface area contributed by atoms with Gasteiger partial charge in [0.2, 0.25) is 5.91 Å². The van der Waals surface area contributed by atoms with Crippen LogP contribution < -0.4 is 10.6 Å². The first-order valence-electron chi connectivity index (χ1n) is 6.26. The van der Waals surface area contributed by atoms with Gasteiger partial charge in [0.25, 0.3) is 0 Å². The Morgan fingerprint density at radius 2 is 2.06 bits per heavy atom. The number of nitrogens with one attached hydrogen (secondary N) is 2. The van der Waals surface area contributed by atoms with Crippen LogP contribution in [-0.2, 0) is 14.3 Å². The van der Waals surface area contributed by atoms with Crippen LogP contribution in [0.3, 0.4) is 0 Å². The summed E-state index contributed by atoms with van der Waals surface area (Å²) in [6.07, 6.45) is 3.07. The van der Waals surface area contributed by atoms with E-state index < -0.39 is 0 Å². The van der Waals surface area contributed by atoms with Crippen LogP contribution in [0.25, 0.3) is 0 Å². The summed E-state index contributed by atoms with van der Waals surface area (Å²) in [7, 11) is 3.34. The third-order valence-corrected chi connectivity index (χ3v) is 2.92. The molecule has 1 aliphatic rings. The molecule has 0 aromatic heterocycles. The predicted molar refractivity (Wildman–Crippen MR) is 65.9 cm³/mol. The summed E-state index contributed by atoms with van der Waals surface area (Å²) in [4.78, 5) is 11.4. The molecule has 0 aromatic carbocycles. The van der Waals surface area contributed by atoms with Gasteiger partial charge in [-0.1, -0.05) is 0 Å². The Bertz CT molecular complexity index is 220. The third kappa shape index (κ3) is 6.61. The van der Waals surface area contributed by atoms with Crippen LogP contribution in [-0.4, -0.2) is 52.5 Å². The van der Waals surface area contributed by atoms with Crippen molar-refractivity contribution in [3.05, 3.63) is 0 Å². The van der Waals surface area contributed by atoms with Crippen molar-refractivity contribution in [3.63, 3.8) is 0 Å². The van der Waals surface area contributed by atoms with Crippen LogP contribution in [0.4, 0.5) is 0 Å². The van der Waals surface area contributed by atoms with Gasteiger partial charge >= 0.3 is 0 Å². The second-order valence-corrected chi connectivity index (χ2v) is 4.45. The van der Waals surface area contributed by atoms with Gasteiger partial charge in [-0.25, -0.2) is 0 Å². The monoisotopic (exact) mass is 244 g/mol. The number of ether oxygens (including phenoxy) is 2. The van der Waals surface area contributed by atoms with E-state index >= 15 is 0 Å². The molecule has 0 aromatic rings. The van der Waals surface area contributed by atoms with Crippen molar-refractivity contribution in [2.45, 2.75) is 25.3 Å². The maximum Gasteiger partial charge on any atom is 0.221 e. The van der Waals surface area contributed by atoms with Gasteiger partial charge in [-0.3, -0.25) is 4.79 Å². The van der Waals surface area contributed by atoms with Crippen LogP contribution in [0.2, 0.25) is 0 Å². The molecular weight excluding hydrogens is 220 g/mol. The summed E-state index contributed by atoms with van der Waals surface area (Å²) in [5.74, 6) is 0.813. The molecule has 2 N–H and O–H groups in total. The lowest BCUT2D eigenvalue weighted by Crippen LogP contribution is -2.38. The second-order valence-electron chi connectivity index (χ2n) is 4.45. The van der Waals surface area contributed by atoms with Crippen molar-refractivity contribution in [1.29, 1.82) is 0 Å². The number of amides is 1. The normalized spacial score (nSPS) is 16.8. The molecule has 0 aliphatic heterocycles. The number of rotatable bonds is 10. The van der Waals surface area contributed by atoms with Gasteiger partial charge in [0.1, 0.15) is 0 Å². The van der Waals surface area contributed by atoms with E-state index in [1.165, 1.54) is 12.8 Å². The maximum absolute atomic E-state index is 11.4. The van der Waals surface area contributed by atoms with Crippen LogP contribution >= 0.6 is 0 Å². The molecule has 1 aliphatic carbocycles. The summed E-state index contributed by atoms with van der Waals surface area (Å²) in [5.41, 5.74) is 0. The van der Waals surface area contributed by atoms with E-state index in [1.54, 1.807) is 14.2 Å². The van der Waals surface area contributed by atoms with Gasteiger partial charge in [-0.2, -0.15) is 0 Å². The van der Waals surface area contributed by atoms with Gasteiger partial charge < -0.3 is 20.1 Å². The zero-order valence-corrected chi connectivity index (χ0v) is 10.8. The molecule has 0 heterocycles. The molecular formula is C12H24N2O3. The molecule has 1 rings (SSSR count). The Hall–Kier alpha value is -0.650. The van der Waals surface area contributed by atoms with Gasteiger partial charge in [0.15, 0.2) is 0 Å². The Kier molecular flexibility index (Phi) is 7.16. The average molecular weight is 244 g/mol. The Labute approximate surface area is 103 Å². The van der Waals surface area contributed by atoms with Crippen molar-refractivity contribution in [1.82, 2.24) is 10.6 Å². The first-order chi connectivity index (χ1) is 8.27. The molecule has 1 atom stereocenters. The van der Waals surface area contributed by atoms with Crippen molar-refractivity contribution in [3.8, 4) is 0 Å². The molecule has 0 saturated heterocycles. The molecule has 0 radical (unpaired) electrons. The molecule has 5 nitrogen and oxygen atoms in total. The zero-order chi connectivity index (χ0) is 12.5. The van der Waals surface area contributed by atoms with E-state index in [4.69, 9.17) is 9.47 Å². The van der Waals surface area contributed by atoms with Crippen molar-refractivity contribution in [2.75, 3.05) is 40.5 Å². The minimum Gasteiger partial charge on any atom is -0.383 e. The quantitative estimate of drug-likeness (QED) is 0.537. The predicted octanol–water partition coefficient (Wildman–Crippen LogP) is 0.154. The molecule has 17 heavy (non-hydrogen) atoms. The van der Waals surface area contributed by atoms with Gasteiger partial charge in [-0.05, 0) is 18.8 Å². The van der Waals surface area contributed by atoms with E-state index in [9.17, 15) is 4.79 Å². The van der Waals surface area contributed by atoms with Gasteiger partial charge in [0, 0.05) is 39.8 Å². The largest absolute Gasteiger partial charge is 0.383 e. The molecule has 0 bridgehead atoms. The summed E-state index contributed by atoms with van der Waals surface area (Å²) in [6, 6.07) is 0.409. The number of carbonyl (C=O) groups excluding carboxylic acids is 1. The smallest absolute Gasteiger partial charge is 0.221 e. The number of methoxy groups -OCH3 is 2. The molecule has 1 fully saturated rings. The van der Waals surface area contributed by atoms with E-state index in [1.807, 2.05) is 0 Å². The molecule has 5 heteroatoms. The van der Waals surface area contributed by atoms with Crippen molar-refractivity contribution < 1.29 is 14.3 Å². The van der Waals surface area contributed by atoms with Crippen LogP contribution in [0.5, 0.6) is 0 Å². The lowest BCUT2D eigenvalue weighted by Gasteiger charge is -2.16. The molecule has 1 unspecified atom stereocenters. The zero-order valence-electron chi connectivity index (χ0n) is 10.8. The number of hydrogen-bond acceptors (Lipinski definition) is 4.